The van der Waals surface area contributed by atoms with Crippen molar-refractivity contribution in [2.75, 3.05) is 25.0 Å². The molecule has 1 aliphatic heterocycles. The lowest BCUT2D eigenvalue weighted by Crippen LogP contribution is -2.40. The molecule has 226 valence electrons. The molecule has 1 saturated carbocycles. The highest BCUT2D eigenvalue weighted by molar-refractivity contribution is 7.14. The number of carboxylic acid groups (broad SMARTS) is 1. The van der Waals surface area contributed by atoms with Gasteiger partial charge in [-0.3, -0.25) is 14.5 Å². The molecule has 6 rings (SSSR count). The minimum atomic E-state index is -1.05. The fourth-order valence-corrected chi connectivity index (χ4v) is 6.79. The molecule has 4 heterocycles. The van der Waals surface area contributed by atoms with Crippen LogP contribution in [0.4, 0.5) is 13.9 Å². The number of carbonyl (C=O) groups excluding carboxylic acids is 1. The number of H-pyrrole nitrogens is 1. The SMILES string of the molecule is Cc1c(-c2ccc(OCF)cc2-c2nc(N(C(=O)C(CC(=O)O)CC3CCOCC3)C3CC3)sc2F)cnc2[nH]ccc12. The number of amides is 1. The van der Waals surface area contributed by atoms with Crippen LogP contribution in [0.5, 0.6) is 5.75 Å². The number of nitrogens with one attached hydrogen (secondary N) is 1. The molecule has 2 N–H and O–H groups in total. The third kappa shape index (κ3) is 6.12. The van der Waals surface area contributed by atoms with Crippen LogP contribution in [0.1, 0.15) is 44.1 Å². The highest BCUT2D eigenvalue weighted by Crippen LogP contribution is 2.43. The van der Waals surface area contributed by atoms with Crippen LogP contribution in [-0.2, 0) is 14.3 Å². The van der Waals surface area contributed by atoms with Gasteiger partial charge in [-0.2, -0.15) is 4.39 Å². The first-order chi connectivity index (χ1) is 20.8. The second-order valence-electron chi connectivity index (χ2n) is 11.1. The summed E-state index contributed by atoms with van der Waals surface area (Å²) in [5.41, 5.74) is 3.39. The largest absolute Gasteiger partial charge is 0.481 e. The fourth-order valence-electron chi connectivity index (χ4n) is 5.91. The van der Waals surface area contributed by atoms with Crippen LogP contribution in [0.25, 0.3) is 33.4 Å². The number of hydrogen-bond acceptors (Lipinski definition) is 7. The van der Waals surface area contributed by atoms with Crippen molar-refractivity contribution in [3.63, 3.8) is 0 Å². The molecule has 1 saturated heterocycles. The van der Waals surface area contributed by atoms with Crippen molar-refractivity contribution in [3.05, 3.63) is 47.4 Å². The van der Waals surface area contributed by atoms with E-state index in [1.54, 1.807) is 30.6 Å². The summed E-state index contributed by atoms with van der Waals surface area (Å²) in [6.45, 7) is 2.07. The van der Waals surface area contributed by atoms with Gasteiger partial charge < -0.3 is 19.6 Å². The van der Waals surface area contributed by atoms with Gasteiger partial charge in [-0.25, -0.2) is 14.4 Å². The second kappa shape index (κ2) is 12.4. The summed E-state index contributed by atoms with van der Waals surface area (Å²) in [5.74, 6) is -1.76. The van der Waals surface area contributed by atoms with Gasteiger partial charge in [-0.05, 0) is 80.3 Å². The molecule has 12 heteroatoms. The number of aryl methyl sites for hydroxylation is 1. The quantitative estimate of drug-likeness (QED) is 0.199. The van der Waals surface area contributed by atoms with Crippen molar-refractivity contribution in [2.24, 2.45) is 11.8 Å². The summed E-state index contributed by atoms with van der Waals surface area (Å²) < 4.78 is 39.6. The van der Waals surface area contributed by atoms with Crippen molar-refractivity contribution in [3.8, 4) is 28.1 Å². The summed E-state index contributed by atoms with van der Waals surface area (Å²) in [4.78, 5) is 39.5. The number of pyridine rings is 1. The average Bonchev–Trinajstić information content (AvgIpc) is 3.56. The Morgan fingerprint density at radius 1 is 1.19 bits per heavy atom. The molecule has 3 aromatic heterocycles. The minimum absolute atomic E-state index is 0.00513. The van der Waals surface area contributed by atoms with Crippen LogP contribution in [0, 0.1) is 23.9 Å². The summed E-state index contributed by atoms with van der Waals surface area (Å²) in [6, 6.07) is 6.62. The lowest BCUT2D eigenvalue weighted by molar-refractivity contribution is -0.141. The van der Waals surface area contributed by atoms with Crippen LogP contribution < -0.4 is 9.64 Å². The number of ether oxygens (including phenoxy) is 2. The fraction of sp³-hybridized carbons (Fsp3) is 0.419. The number of aliphatic carboxylic acids is 1. The maximum absolute atomic E-state index is 15.9. The molecule has 0 bridgehead atoms. The van der Waals surface area contributed by atoms with E-state index in [4.69, 9.17) is 9.47 Å². The number of alkyl halides is 1. The second-order valence-corrected chi connectivity index (χ2v) is 12.1. The molecular weight excluding hydrogens is 578 g/mol. The van der Waals surface area contributed by atoms with Gasteiger partial charge in [0.15, 0.2) is 5.13 Å². The zero-order valence-electron chi connectivity index (χ0n) is 23.6. The Morgan fingerprint density at radius 2 is 1.98 bits per heavy atom. The van der Waals surface area contributed by atoms with Crippen molar-refractivity contribution >= 4 is 39.4 Å². The minimum Gasteiger partial charge on any atom is -0.481 e. The predicted molar refractivity (Wildman–Crippen MR) is 158 cm³/mol. The Labute approximate surface area is 250 Å². The van der Waals surface area contributed by atoms with Gasteiger partial charge in [-0.1, -0.05) is 11.3 Å². The first-order valence-electron chi connectivity index (χ1n) is 14.4. The number of fused-ring (bicyclic) bond motifs is 1. The van der Waals surface area contributed by atoms with E-state index in [0.717, 1.165) is 59.2 Å². The normalized spacial score (nSPS) is 16.3. The highest BCUT2D eigenvalue weighted by atomic mass is 32.1. The van der Waals surface area contributed by atoms with Crippen molar-refractivity contribution in [1.82, 2.24) is 15.0 Å². The number of thiazole rings is 1. The molecule has 1 amide bonds. The number of hydrogen-bond donors (Lipinski definition) is 2. The Kier molecular flexibility index (Phi) is 8.40. The van der Waals surface area contributed by atoms with Crippen molar-refractivity contribution in [1.29, 1.82) is 0 Å². The molecule has 0 radical (unpaired) electrons. The molecule has 2 aliphatic rings. The van der Waals surface area contributed by atoms with Crippen LogP contribution in [0.15, 0.2) is 36.7 Å². The van der Waals surface area contributed by atoms with Crippen LogP contribution in [0.2, 0.25) is 0 Å². The Balaban J connectivity index is 1.39. The lowest BCUT2D eigenvalue weighted by atomic mass is 9.86. The third-order valence-corrected chi connectivity index (χ3v) is 9.12. The van der Waals surface area contributed by atoms with Gasteiger partial charge in [-0.15, -0.1) is 0 Å². The van der Waals surface area contributed by atoms with E-state index >= 15 is 4.39 Å². The lowest BCUT2D eigenvalue weighted by Gasteiger charge is -2.29. The van der Waals surface area contributed by atoms with Gasteiger partial charge in [0.2, 0.25) is 17.9 Å². The standard InChI is InChI=1S/C31H32F2N4O5S/c1-17-22-6-9-34-29(22)35-15-25(17)23-5-4-21(42-16-32)14-24(23)27-28(33)43-31(36-27)37(20-2-3-20)30(40)19(13-26(38)39)12-18-7-10-41-11-8-18/h4-6,9,14-15,18-20H,2-3,7-8,10-13,16H2,1H3,(H,34,35)(H,38,39). The average molecular weight is 611 g/mol. The number of halogens is 2. The highest BCUT2D eigenvalue weighted by Gasteiger charge is 2.40. The summed E-state index contributed by atoms with van der Waals surface area (Å²) in [7, 11) is 0. The molecule has 1 atom stereocenters. The Hall–Kier alpha value is -3.90. The summed E-state index contributed by atoms with van der Waals surface area (Å²) in [6.07, 6.45) is 6.61. The number of carboxylic acids is 1. The predicted octanol–water partition coefficient (Wildman–Crippen LogP) is 6.51. The molecule has 1 unspecified atom stereocenters. The molecule has 1 aromatic carbocycles. The Morgan fingerprint density at radius 3 is 2.70 bits per heavy atom. The third-order valence-electron chi connectivity index (χ3n) is 8.27. The zero-order valence-corrected chi connectivity index (χ0v) is 24.5. The van der Waals surface area contributed by atoms with Gasteiger partial charge in [0.1, 0.15) is 17.1 Å². The first kappa shape index (κ1) is 29.2. The number of aromatic nitrogens is 3. The molecule has 2 fully saturated rings. The summed E-state index contributed by atoms with van der Waals surface area (Å²) >= 11 is 0.752. The number of aromatic amines is 1. The number of nitrogens with zero attached hydrogens (tertiary/aromatic N) is 3. The molecule has 9 nitrogen and oxygen atoms in total. The topological polar surface area (TPSA) is 118 Å². The molecule has 4 aromatic rings. The monoisotopic (exact) mass is 610 g/mol. The van der Waals surface area contributed by atoms with Gasteiger partial charge >= 0.3 is 5.97 Å². The van der Waals surface area contributed by atoms with Crippen molar-refractivity contribution < 1.29 is 33.0 Å². The molecule has 43 heavy (non-hydrogen) atoms. The number of rotatable bonds is 11. The van der Waals surface area contributed by atoms with Crippen molar-refractivity contribution in [2.45, 2.75) is 51.5 Å². The van der Waals surface area contributed by atoms with E-state index in [1.165, 1.54) is 4.90 Å². The van der Waals surface area contributed by atoms with Gasteiger partial charge in [0, 0.05) is 54.1 Å². The van der Waals surface area contributed by atoms with E-state index in [-0.39, 0.29) is 40.9 Å². The van der Waals surface area contributed by atoms with Crippen LogP contribution in [0.3, 0.4) is 0 Å². The molecular formula is C31H32F2N4O5S. The van der Waals surface area contributed by atoms with E-state index in [2.05, 4.69) is 15.0 Å². The van der Waals surface area contributed by atoms with Crippen LogP contribution >= 0.6 is 11.3 Å². The smallest absolute Gasteiger partial charge is 0.304 e. The molecule has 1 aliphatic carbocycles. The number of benzene rings is 1. The Bertz CT molecular complexity index is 1650. The van der Waals surface area contributed by atoms with E-state index in [0.29, 0.717) is 30.8 Å². The van der Waals surface area contributed by atoms with Gasteiger partial charge in [0.25, 0.3) is 0 Å². The maximum Gasteiger partial charge on any atom is 0.304 e. The zero-order chi connectivity index (χ0) is 30.1. The van der Waals surface area contributed by atoms with Crippen LogP contribution in [-0.4, -0.2) is 58.1 Å². The number of carbonyl (C=O) groups is 2. The summed E-state index contributed by atoms with van der Waals surface area (Å²) in [5, 5.41) is 10.1. The maximum atomic E-state index is 15.9. The first-order valence-corrected chi connectivity index (χ1v) is 15.2. The molecule has 0 spiro atoms. The van der Waals surface area contributed by atoms with E-state index in [1.807, 2.05) is 13.0 Å². The van der Waals surface area contributed by atoms with E-state index < -0.39 is 23.9 Å². The van der Waals surface area contributed by atoms with Gasteiger partial charge in [0.05, 0.1) is 6.42 Å². The van der Waals surface area contributed by atoms with E-state index in [9.17, 15) is 19.1 Å². The number of anilines is 1.